The molecule has 0 spiro atoms. The second-order valence-corrected chi connectivity index (χ2v) is 4.43. The molecular formula is C13H10Cl2N2O. The van der Waals surface area contributed by atoms with Crippen LogP contribution >= 0.6 is 23.2 Å². The third-order valence-electron chi connectivity index (χ3n) is 2.41. The van der Waals surface area contributed by atoms with Crippen molar-refractivity contribution in [2.45, 2.75) is 0 Å². The lowest BCUT2D eigenvalue weighted by atomic mass is 10.2. The lowest BCUT2D eigenvalue weighted by Crippen LogP contribution is -2.13. The first kappa shape index (κ1) is 12.7. The highest BCUT2D eigenvalue weighted by molar-refractivity contribution is 6.44. The minimum Gasteiger partial charge on any atom is -0.397 e. The summed E-state index contributed by atoms with van der Waals surface area (Å²) in [6.07, 6.45) is 0. The molecule has 0 fully saturated rings. The van der Waals surface area contributed by atoms with E-state index in [1.165, 1.54) is 0 Å². The first-order chi connectivity index (χ1) is 8.59. The molecule has 0 aliphatic carbocycles. The van der Waals surface area contributed by atoms with Crippen LogP contribution in [-0.2, 0) is 0 Å². The number of nitrogens with two attached hydrogens (primary N) is 1. The van der Waals surface area contributed by atoms with Crippen LogP contribution < -0.4 is 11.1 Å². The number of nitrogens with one attached hydrogen (secondary N) is 1. The van der Waals surface area contributed by atoms with Gasteiger partial charge in [0.15, 0.2) is 0 Å². The van der Waals surface area contributed by atoms with E-state index in [-0.39, 0.29) is 10.9 Å². The van der Waals surface area contributed by atoms with Crippen molar-refractivity contribution >= 4 is 40.5 Å². The molecule has 2 rings (SSSR count). The number of hydrogen-bond donors (Lipinski definition) is 2. The Morgan fingerprint density at radius 2 is 1.78 bits per heavy atom. The highest BCUT2D eigenvalue weighted by atomic mass is 35.5. The molecule has 0 aliphatic rings. The van der Waals surface area contributed by atoms with Crippen molar-refractivity contribution < 1.29 is 4.79 Å². The van der Waals surface area contributed by atoms with E-state index in [1.54, 1.807) is 42.5 Å². The quantitative estimate of drug-likeness (QED) is 0.822. The number of anilines is 2. The van der Waals surface area contributed by atoms with E-state index >= 15 is 0 Å². The lowest BCUT2D eigenvalue weighted by Gasteiger charge is -2.09. The highest BCUT2D eigenvalue weighted by Crippen LogP contribution is 2.26. The van der Waals surface area contributed by atoms with E-state index in [0.29, 0.717) is 22.0 Å². The lowest BCUT2D eigenvalue weighted by molar-refractivity contribution is 0.102. The summed E-state index contributed by atoms with van der Waals surface area (Å²) >= 11 is 11.8. The average molecular weight is 281 g/mol. The minimum absolute atomic E-state index is 0.228. The third kappa shape index (κ3) is 2.58. The normalized spacial score (nSPS) is 10.1. The van der Waals surface area contributed by atoms with Gasteiger partial charge in [0.05, 0.1) is 27.0 Å². The molecule has 0 heterocycles. The van der Waals surface area contributed by atoms with Gasteiger partial charge in [-0.3, -0.25) is 4.79 Å². The predicted molar refractivity (Wildman–Crippen MR) is 75.3 cm³/mol. The zero-order valence-electron chi connectivity index (χ0n) is 9.28. The Balaban J connectivity index is 2.28. The molecule has 92 valence electrons. The van der Waals surface area contributed by atoms with Crippen LogP contribution in [0, 0.1) is 0 Å². The third-order valence-corrected chi connectivity index (χ3v) is 3.22. The molecule has 0 radical (unpaired) electrons. The van der Waals surface area contributed by atoms with Crippen molar-refractivity contribution in [3.8, 4) is 0 Å². The van der Waals surface area contributed by atoms with Crippen LogP contribution in [0.4, 0.5) is 11.4 Å². The smallest absolute Gasteiger partial charge is 0.257 e. The highest BCUT2D eigenvalue weighted by Gasteiger charge is 2.13. The Labute approximate surface area is 115 Å². The van der Waals surface area contributed by atoms with Gasteiger partial charge in [-0.15, -0.1) is 0 Å². The summed E-state index contributed by atoms with van der Waals surface area (Å²) in [7, 11) is 0. The van der Waals surface area contributed by atoms with E-state index in [2.05, 4.69) is 5.32 Å². The van der Waals surface area contributed by atoms with Gasteiger partial charge in [-0.05, 0) is 24.3 Å². The Morgan fingerprint density at radius 3 is 2.50 bits per heavy atom. The summed E-state index contributed by atoms with van der Waals surface area (Å²) in [5.41, 5.74) is 7.08. The van der Waals surface area contributed by atoms with Crippen LogP contribution in [0.1, 0.15) is 10.4 Å². The van der Waals surface area contributed by atoms with Crippen LogP contribution in [0.2, 0.25) is 10.0 Å². The number of hydrogen-bond acceptors (Lipinski definition) is 2. The van der Waals surface area contributed by atoms with Crippen molar-refractivity contribution in [3.05, 3.63) is 58.1 Å². The average Bonchev–Trinajstić information content (AvgIpc) is 2.35. The van der Waals surface area contributed by atoms with Gasteiger partial charge >= 0.3 is 0 Å². The van der Waals surface area contributed by atoms with E-state index < -0.39 is 0 Å². The van der Waals surface area contributed by atoms with Gasteiger partial charge in [0.2, 0.25) is 0 Å². The summed E-state index contributed by atoms with van der Waals surface area (Å²) in [6, 6.07) is 11.9. The van der Waals surface area contributed by atoms with Gasteiger partial charge in [0.25, 0.3) is 5.91 Å². The fraction of sp³-hybridized carbons (Fsp3) is 0. The first-order valence-electron chi connectivity index (χ1n) is 5.19. The van der Waals surface area contributed by atoms with Gasteiger partial charge < -0.3 is 11.1 Å². The number of para-hydroxylation sites is 2. The van der Waals surface area contributed by atoms with E-state index in [9.17, 15) is 4.79 Å². The largest absolute Gasteiger partial charge is 0.397 e. The van der Waals surface area contributed by atoms with Crippen LogP contribution in [0.3, 0.4) is 0 Å². The van der Waals surface area contributed by atoms with Crippen molar-refractivity contribution in [3.63, 3.8) is 0 Å². The van der Waals surface area contributed by atoms with Crippen LogP contribution in [0.5, 0.6) is 0 Å². The van der Waals surface area contributed by atoms with Gasteiger partial charge in [-0.2, -0.15) is 0 Å². The number of carbonyl (C=O) groups is 1. The summed E-state index contributed by atoms with van der Waals surface area (Å²) in [6.45, 7) is 0. The molecular weight excluding hydrogens is 271 g/mol. The summed E-state index contributed by atoms with van der Waals surface area (Å²) < 4.78 is 0. The number of benzene rings is 2. The number of halogens is 2. The molecule has 2 aromatic rings. The number of nitrogen functional groups attached to an aromatic ring is 1. The molecule has 0 unspecified atom stereocenters. The van der Waals surface area contributed by atoms with Crippen molar-refractivity contribution in [2.75, 3.05) is 11.1 Å². The van der Waals surface area contributed by atoms with Crippen LogP contribution in [0.25, 0.3) is 0 Å². The van der Waals surface area contributed by atoms with Crippen molar-refractivity contribution in [2.24, 2.45) is 0 Å². The molecule has 18 heavy (non-hydrogen) atoms. The maximum Gasteiger partial charge on any atom is 0.257 e. The molecule has 0 saturated carbocycles. The van der Waals surface area contributed by atoms with Crippen molar-refractivity contribution in [1.82, 2.24) is 0 Å². The summed E-state index contributed by atoms with van der Waals surface area (Å²) in [5, 5.41) is 3.25. The fourth-order valence-electron chi connectivity index (χ4n) is 1.48. The van der Waals surface area contributed by atoms with E-state index in [0.717, 1.165) is 0 Å². The van der Waals surface area contributed by atoms with Gasteiger partial charge in [0.1, 0.15) is 0 Å². The first-order valence-corrected chi connectivity index (χ1v) is 5.95. The molecule has 3 nitrogen and oxygen atoms in total. The molecule has 5 heteroatoms. The Hall–Kier alpha value is -1.71. The van der Waals surface area contributed by atoms with E-state index in [4.69, 9.17) is 28.9 Å². The Bertz CT molecular complexity index is 599. The fourth-order valence-corrected chi connectivity index (χ4v) is 1.87. The molecule has 0 saturated heterocycles. The maximum atomic E-state index is 12.0. The second kappa shape index (κ2) is 5.29. The monoisotopic (exact) mass is 280 g/mol. The maximum absolute atomic E-state index is 12.0. The minimum atomic E-state index is -0.347. The zero-order valence-corrected chi connectivity index (χ0v) is 10.8. The standard InChI is InChI=1S/C13H10Cl2N2O/c14-9-5-3-4-8(12(9)15)13(18)17-11-7-2-1-6-10(11)16/h1-7H,16H2,(H,17,18). The number of carbonyl (C=O) groups excluding carboxylic acids is 1. The topological polar surface area (TPSA) is 55.1 Å². The SMILES string of the molecule is Nc1ccccc1NC(=O)c1cccc(Cl)c1Cl. The van der Waals surface area contributed by atoms with Crippen LogP contribution in [-0.4, -0.2) is 5.91 Å². The molecule has 0 atom stereocenters. The predicted octanol–water partition coefficient (Wildman–Crippen LogP) is 3.83. The van der Waals surface area contributed by atoms with E-state index in [1.807, 2.05) is 0 Å². The van der Waals surface area contributed by atoms with Crippen molar-refractivity contribution in [1.29, 1.82) is 0 Å². The van der Waals surface area contributed by atoms with Crippen LogP contribution in [0.15, 0.2) is 42.5 Å². The molecule has 1 amide bonds. The summed E-state index contributed by atoms with van der Waals surface area (Å²) in [4.78, 5) is 12.0. The Morgan fingerprint density at radius 1 is 1.06 bits per heavy atom. The van der Waals surface area contributed by atoms with Gasteiger partial charge in [0, 0.05) is 0 Å². The summed E-state index contributed by atoms with van der Waals surface area (Å²) in [5.74, 6) is -0.347. The number of rotatable bonds is 2. The van der Waals surface area contributed by atoms with Gasteiger partial charge in [-0.1, -0.05) is 41.4 Å². The van der Waals surface area contributed by atoms with Gasteiger partial charge in [-0.25, -0.2) is 0 Å². The second-order valence-electron chi connectivity index (χ2n) is 3.64. The molecule has 0 aliphatic heterocycles. The molecule has 0 aromatic heterocycles. The molecule has 2 aromatic carbocycles. The molecule has 3 N–H and O–H groups in total. The Kier molecular flexibility index (Phi) is 3.75. The zero-order chi connectivity index (χ0) is 13.1. The molecule has 0 bridgehead atoms. The number of amides is 1.